The topological polar surface area (TPSA) is 29.6 Å². The number of epoxide rings is 1. The van der Waals surface area contributed by atoms with Crippen molar-refractivity contribution in [1.82, 2.24) is 0 Å². The largest absolute Gasteiger partial charge is 0.361 e. The quantitative estimate of drug-likeness (QED) is 0.427. The Kier molecular flexibility index (Phi) is 1.90. The van der Waals surface area contributed by atoms with Gasteiger partial charge in [0.15, 0.2) is 5.78 Å². The van der Waals surface area contributed by atoms with Crippen LogP contribution in [0.1, 0.15) is 20.8 Å². The molecule has 1 heterocycles. The molecule has 0 aliphatic carbocycles. The van der Waals surface area contributed by atoms with Crippen molar-refractivity contribution < 1.29 is 9.53 Å². The van der Waals surface area contributed by atoms with Crippen molar-refractivity contribution in [3.63, 3.8) is 0 Å². The highest BCUT2D eigenvalue weighted by Crippen LogP contribution is 2.24. The second-order valence-electron chi connectivity index (χ2n) is 2.60. The molecular formula is C8H12O2. The van der Waals surface area contributed by atoms with E-state index in [1.54, 1.807) is 0 Å². The van der Waals surface area contributed by atoms with E-state index in [1.165, 1.54) is 0 Å². The highest BCUT2D eigenvalue weighted by atomic mass is 16.6. The Morgan fingerprint density at radius 2 is 2.10 bits per heavy atom. The molecule has 0 amide bonds. The summed E-state index contributed by atoms with van der Waals surface area (Å²) in [4.78, 5) is 11.2. The van der Waals surface area contributed by atoms with Crippen LogP contribution in [0.5, 0.6) is 0 Å². The molecular weight excluding hydrogens is 128 g/mol. The minimum atomic E-state index is -0.142. The molecule has 1 saturated heterocycles. The van der Waals surface area contributed by atoms with Crippen LogP contribution >= 0.6 is 0 Å². The van der Waals surface area contributed by atoms with Gasteiger partial charge in [0.05, 0.1) is 6.10 Å². The predicted octanol–water partition coefficient (Wildman–Crippen LogP) is 1.31. The van der Waals surface area contributed by atoms with E-state index in [2.05, 4.69) is 0 Å². The van der Waals surface area contributed by atoms with E-state index in [9.17, 15) is 4.79 Å². The third-order valence-electron chi connectivity index (χ3n) is 1.79. The summed E-state index contributed by atoms with van der Waals surface area (Å²) in [5, 5.41) is 0. The SMILES string of the molecule is CC=C(C)C(=O)C1OC1C. The maximum Gasteiger partial charge on any atom is 0.189 e. The maximum absolute atomic E-state index is 11.2. The minimum absolute atomic E-state index is 0.134. The zero-order chi connectivity index (χ0) is 7.72. The first-order valence-electron chi connectivity index (χ1n) is 3.49. The monoisotopic (exact) mass is 140 g/mol. The second-order valence-corrected chi connectivity index (χ2v) is 2.60. The van der Waals surface area contributed by atoms with Gasteiger partial charge in [0, 0.05) is 0 Å². The molecule has 56 valence electrons. The number of ether oxygens (including phenoxy) is 1. The average molecular weight is 140 g/mol. The van der Waals surface area contributed by atoms with E-state index in [1.807, 2.05) is 26.8 Å². The van der Waals surface area contributed by atoms with Gasteiger partial charge in [-0.3, -0.25) is 4.79 Å². The van der Waals surface area contributed by atoms with Crippen LogP contribution in [0.3, 0.4) is 0 Å². The molecule has 0 bridgehead atoms. The van der Waals surface area contributed by atoms with Gasteiger partial charge in [-0.2, -0.15) is 0 Å². The fourth-order valence-electron chi connectivity index (χ4n) is 0.828. The lowest BCUT2D eigenvalue weighted by molar-refractivity contribution is -0.116. The standard InChI is InChI=1S/C8H12O2/c1-4-5(2)7(9)8-6(3)10-8/h4,6,8H,1-3H3. The molecule has 0 aromatic carbocycles. The van der Waals surface area contributed by atoms with E-state index in [-0.39, 0.29) is 18.0 Å². The minimum Gasteiger partial charge on any atom is -0.361 e. The summed E-state index contributed by atoms with van der Waals surface area (Å²) in [5.74, 6) is 0.134. The van der Waals surface area contributed by atoms with Gasteiger partial charge >= 0.3 is 0 Å². The Balaban J connectivity index is 2.51. The van der Waals surface area contributed by atoms with Gasteiger partial charge < -0.3 is 4.74 Å². The zero-order valence-electron chi connectivity index (χ0n) is 6.55. The Morgan fingerprint density at radius 1 is 1.60 bits per heavy atom. The first kappa shape index (κ1) is 7.48. The van der Waals surface area contributed by atoms with Crippen molar-refractivity contribution in [3.05, 3.63) is 11.6 Å². The van der Waals surface area contributed by atoms with Gasteiger partial charge in [-0.1, -0.05) is 6.08 Å². The van der Waals surface area contributed by atoms with Crippen LogP contribution in [0, 0.1) is 0 Å². The van der Waals surface area contributed by atoms with E-state index in [4.69, 9.17) is 4.74 Å². The van der Waals surface area contributed by atoms with Crippen LogP contribution in [0.4, 0.5) is 0 Å². The van der Waals surface area contributed by atoms with Crippen molar-refractivity contribution >= 4 is 5.78 Å². The van der Waals surface area contributed by atoms with Crippen LogP contribution in [0.15, 0.2) is 11.6 Å². The van der Waals surface area contributed by atoms with Crippen molar-refractivity contribution in [2.24, 2.45) is 0 Å². The number of allylic oxidation sites excluding steroid dienone is 1. The number of ketones is 1. The summed E-state index contributed by atoms with van der Waals surface area (Å²) in [6.45, 7) is 5.59. The lowest BCUT2D eigenvalue weighted by atomic mass is 10.1. The van der Waals surface area contributed by atoms with E-state index in [0.717, 1.165) is 5.57 Å². The molecule has 0 aromatic heterocycles. The molecule has 2 nitrogen and oxygen atoms in total. The third kappa shape index (κ3) is 1.27. The summed E-state index contributed by atoms with van der Waals surface area (Å²) >= 11 is 0. The molecule has 0 aromatic rings. The van der Waals surface area contributed by atoms with Crippen LogP contribution in [-0.2, 0) is 9.53 Å². The molecule has 10 heavy (non-hydrogen) atoms. The smallest absolute Gasteiger partial charge is 0.189 e. The lowest BCUT2D eigenvalue weighted by Gasteiger charge is -1.92. The molecule has 0 saturated carbocycles. The summed E-state index contributed by atoms with van der Waals surface area (Å²) in [6.07, 6.45) is 1.81. The Labute approximate surface area is 60.9 Å². The third-order valence-corrected chi connectivity index (χ3v) is 1.79. The van der Waals surface area contributed by atoms with E-state index >= 15 is 0 Å². The highest BCUT2D eigenvalue weighted by Gasteiger charge is 2.40. The van der Waals surface area contributed by atoms with Crippen LogP contribution in [-0.4, -0.2) is 18.0 Å². The van der Waals surface area contributed by atoms with Gasteiger partial charge in [0.1, 0.15) is 6.10 Å². The molecule has 1 aliphatic heterocycles. The number of Topliss-reactive ketones (excluding diaryl/α,β-unsaturated/α-hetero) is 1. The number of carbonyl (C=O) groups excluding carboxylic acids is 1. The van der Waals surface area contributed by atoms with Gasteiger partial charge in [-0.15, -0.1) is 0 Å². The molecule has 0 spiro atoms. The molecule has 1 aliphatic rings. The summed E-state index contributed by atoms with van der Waals surface area (Å²) in [5.41, 5.74) is 0.800. The van der Waals surface area contributed by atoms with Crippen LogP contribution < -0.4 is 0 Å². The number of rotatable bonds is 2. The Morgan fingerprint density at radius 3 is 2.40 bits per heavy atom. The average Bonchev–Trinajstić information content (AvgIpc) is 2.63. The fourth-order valence-corrected chi connectivity index (χ4v) is 0.828. The van der Waals surface area contributed by atoms with Gasteiger partial charge in [0.2, 0.25) is 0 Å². The Bertz CT molecular complexity index is 182. The summed E-state index contributed by atoms with van der Waals surface area (Å²) in [7, 11) is 0. The van der Waals surface area contributed by atoms with E-state index in [0.29, 0.717) is 0 Å². The van der Waals surface area contributed by atoms with Crippen molar-refractivity contribution in [2.45, 2.75) is 33.0 Å². The second kappa shape index (κ2) is 2.54. The van der Waals surface area contributed by atoms with Gasteiger partial charge in [-0.25, -0.2) is 0 Å². The van der Waals surface area contributed by atoms with Crippen LogP contribution in [0.2, 0.25) is 0 Å². The maximum atomic E-state index is 11.2. The summed E-state index contributed by atoms with van der Waals surface area (Å²) < 4.78 is 5.01. The molecule has 2 atom stereocenters. The molecule has 1 fully saturated rings. The van der Waals surface area contributed by atoms with Crippen molar-refractivity contribution in [3.8, 4) is 0 Å². The van der Waals surface area contributed by atoms with Crippen LogP contribution in [0.25, 0.3) is 0 Å². The first-order chi connectivity index (χ1) is 4.66. The Hall–Kier alpha value is -0.630. The van der Waals surface area contributed by atoms with E-state index < -0.39 is 0 Å². The highest BCUT2D eigenvalue weighted by molar-refractivity contribution is 6.00. The lowest BCUT2D eigenvalue weighted by Crippen LogP contribution is -2.09. The number of hydrogen-bond acceptors (Lipinski definition) is 2. The first-order valence-corrected chi connectivity index (χ1v) is 3.49. The molecule has 0 radical (unpaired) electrons. The van der Waals surface area contributed by atoms with Gasteiger partial charge in [-0.05, 0) is 26.3 Å². The summed E-state index contributed by atoms with van der Waals surface area (Å²) in [6, 6.07) is 0. The molecule has 2 unspecified atom stereocenters. The van der Waals surface area contributed by atoms with Crippen molar-refractivity contribution in [1.29, 1.82) is 0 Å². The molecule has 2 heteroatoms. The fraction of sp³-hybridized carbons (Fsp3) is 0.625. The van der Waals surface area contributed by atoms with Gasteiger partial charge in [0.25, 0.3) is 0 Å². The van der Waals surface area contributed by atoms with Crippen molar-refractivity contribution in [2.75, 3.05) is 0 Å². The normalized spacial score (nSPS) is 32.1. The number of carbonyl (C=O) groups is 1. The number of hydrogen-bond donors (Lipinski definition) is 0. The molecule has 1 rings (SSSR count). The zero-order valence-corrected chi connectivity index (χ0v) is 6.55. The molecule has 0 N–H and O–H groups in total. The predicted molar refractivity (Wildman–Crippen MR) is 38.8 cm³/mol.